The molecular formula is C12H15NOS. The van der Waals surface area contributed by atoms with E-state index in [-0.39, 0.29) is 11.5 Å². The summed E-state index contributed by atoms with van der Waals surface area (Å²) < 4.78 is 5.48. The molecule has 0 amide bonds. The maximum absolute atomic E-state index is 6.07. The summed E-state index contributed by atoms with van der Waals surface area (Å²) in [6.07, 6.45) is 2.46. The van der Waals surface area contributed by atoms with Crippen LogP contribution < -0.4 is 10.5 Å². The highest BCUT2D eigenvalue weighted by atomic mass is 32.2. The van der Waals surface area contributed by atoms with Crippen molar-refractivity contribution in [3.05, 3.63) is 23.8 Å². The van der Waals surface area contributed by atoms with Gasteiger partial charge in [-0.05, 0) is 37.5 Å². The lowest BCUT2D eigenvalue weighted by Crippen LogP contribution is -2.31. The number of hydrogen-bond donors (Lipinski definition) is 1. The first-order valence-electron chi connectivity index (χ1n) is 5.38. The van der Waals surface area contributed by atoms with Crippen LogP contribution in [0.25, 0.3) is 0 Å². The smallest absolute Gasteiger partial charge is 0.138 e. The van der Waals surface area contributed by atoms with Gasteiger partial charge in [-0.3, -0.25) is 0 Å². The molecule has 1 aromatic carbocycles. The van der Waals surface area contributed by atoms with Crippen LogP contribution in [-0.4, -0.2) is 12.0 Å². The van der Waals surface area contributed by atoms with Crippen LogP contribution in [-0.2, 0) is 5.41 Å². The van der Waals surface area contributed by atoms with Gasteiger partial charge in [-0.1, -0.05) is 17.8 Å². The third kappa shape index (κ3) is 1.37. The molecule has 0 bridgehead atoms. The SMILES string of the molecule is CC(N)C1(c2ccc3c(c2)SCO3)CC1. The Balaban J connectivity index is 2.00. The van der Waals surface area contributed by atoms with Crippen molar-refractivity contribution >= 4 is 11.8 Å². The molecule has 3 rings (SSSR count). The first-order valence-corrected chi connectivity index (χ1v) is 6.37. The molecule has 1 saturated carbocycles. The first-order chi connectivity index (χ1) is 7.22. The van der Waals surface area contributed by atoms with Crippen molar-refractivity contribution in [1.29, 1.82) is 0 Å². The highest BCUT2D eigenvalue weighted by Crippen LogP contribution is 2.52. The number of nitrogens with two attached hydrogens (primary N) is 1. The minimum absolute atomic E-state index is 0.253. The summed E-state index contributed by atoms with van der Waals surface area (Å²) in [4.78, 5) is 1.28. The molecule has 0 spiro atoms. The number of hydrogen-bond acceptors (Lipinski definition) is 3. The van der Waals surface area contributed by atoms with Crippen LogP contribution in [0.4, 0.5) is 0 Å². The van der Waals surface area contributed by atoms with Gasteiger partial charge in [0.2, 0.25) is 0 Å². The van der Waals surface area contributed by atoms with E-state index >= 15 is 0 Å². The average Bonchev–Trinajstić information content (AvgIpc) is 2.91. The predicted octanol–water partition coefficient (Wildman–Crippen LogP) is 2.51. The molecule has 1 fully saturated rings. The summed E-state index contributed by atoms with van der Waals surface area (Å²) >= 11 is 1.77. The zero-order chi connectivity index (χ0) is 10.5. The van der Waals surface area contributed by atoms with Crippen LogP contribution in [0.5, 0.6) is 5.75 Å². The third-order valence-electron chi connectivity index (χ3n) is 3.61. The Labute approximate surface area is 94.2 Å². The van der Waals surface area contributed by atoms with Crippen LogP contribution in [0.2, 0.25) is 0 Å². The molecule has 2 aliphatic rings. The van der Waals surface area contributed by atoms with Crippen molar-refractivity contribution in [2.24, 2.45) is 5.73 Å². The van der Waals surface area contributed by atoms with Crippen LogP contribution >= 0.6 is 11.8 Å². The topological polar surface area (TPSA) is 35.2 Å². The fraction of sp³-hybridized carbons (Fsp3) is 0.500. The maximum atomic E-state index is 6.07. The molecule has 1 heterocycles. The minimum atomic E-state index is 0.253. The third-order valence-corrected chi connectivity index (χ3v) is 4.47. The summed E-state index contributed by atoms with van der Waals surface area (Å²) in [5.41, 5.74) is 7.73. The quantitative estimate of drug-likeness (QED) is 0.833. The van der Waals surface area contributed by atoms with E-state index in [9.17, 15) is 0 Å². The zero-order valence-corrected chi connectivity index (χ0v) is 9.64. The van der Waals surface area contributed by atoms with E-state index in [1.165, 1.54) is 23.3 Å². The van der Waals surface area contributed by atoms with Gasteiger partial charge in [0.05, 0.1) is 4.90 Å². The van der Waals surface area contributed by atoms with E-state index in [4.69, 9.17) is 10.5 Å². The van der Waals surface area contributed by atoms with Crippen LogP contribution in [0, 0.1) is 0 Å². The summed E-state index contributed by atoms with van der Waals surface area (Å²) in [6, 6.07) is 6.79. The van der Waals surface area contributed by atoms with Crippen molar-refractivity contribution in [1.82, 2.24) is 0 Å². The fourth-order valence-electron chi connectivity index (χ4n) is 2.35. The van der Waals surface area contributed by atoms with Crippen LogP contribution in [0.15, 0.2) is 23.1 Å². The lowest BCUT2D eigenvalue weighted by atomic mass is 9.89. The second-order valence-corrected chi connectivity index (χ2v) is 5.48. The molecule has 2 nitrogen and oxygen atoms in total. The molecule has 1 unspecified atom stereocenters. The van der Waals surface area contributed by atoms with Crippen LogP contribution in [0.3, 0.4) is 0 Å². The average molecular weight is 221 g/mol. The van der Waals surface area contributed by atoms with Crippen molar-refractivity contribution in [3.63, 3.8) is 0 Å². The summed E-state index contributed by atoms with van der Waals surface area (Å²) in [5.74, 6) is 1.79. The van der Waals surface area contributed by atoms with E-state index in [1.807, 2.05) is 0 Å². The molecule has 0 saturated heterocycles. The standard InChI is InChI=1S/C12H15NOS/c1-8(13)12(4-5-12)9-2-3-10-11(6-9)15-7-14-10/h2-3,6,8H,4-5,7,13H2,1H3. The van der Waals surface area contributed by atoms with Gasteiger partial charge in [-0.15, -0.1) is 0 Å². The second kappa shape index (κ2) is 3.16. The Morgan fingerprint density at radius 3 is 2.93 bits per heavy atom. The number of benzene rings is 1. The van der Waals surface area contributed by atoms with Crippen molar-refractivity contribution in [2.45, 2.75) is 36.1 Å². The van der Waals surface area contributed by atoms with Gasteiger partial charge < -0.3 is 10.5 Å². The number of ether oxygens (including phenoxy) is 1. The fourth-order valence-corrected chi connectivity index (χ4v) is 3.14. The molecule has 2 N–H and O–H groups in total. The van der Waals surface area contributed by atoms with E-state index in [0.717, 1.165) is 11.7 Å². The van der Waals surface area contributed by atoms with Gasteiger partial charge in [0.15, 0.2) is 0 Å². The highest BCUT2D eigenvalue weighted by molar-refractivity contribution is 7.99. The second-order valence-electron chi connectivity index (χ2n) is 4.51. The van der Waals surface area contributed by atoms with Gasteiger partial charge in [-0.2, -0.15) is 0 Å². The lowest BCUT2D eigenvalue weighted by Gasteiger charge is -2.20. The van der Waals surface area contributed by atoms with E-state index in [2.05, 4.69) is 25.1 Å². The molecule has 0 aromatic heterocycles. The van der Waals surface area contributed by atoms with Gasteiger partial charge in [-0.25, -0.2) is 0 Å². The van der Waals surface area contributed by atoms with E-state index < -0.39 is 0 Å². The number of fused-ring (bicyclic) bond motifs is 1. The molecule has 1 aliphatic heterocycles. The van der Waals surface area contributed by atoms with Crippen molar-refractivity contribution in [2.75, 3.05) is 5.94 Å². The molecule has 1 aromatic rings. The summed E-state index contributed by atoms with van der Waals surface area (Å²) in [6.45, 7) is 2.11. The van der Waals surface area contributed by atoms with E-state index in [0.29, 0.717) is 0 Å². The molecule has 80 valence electrons. The Hall–Kier alpha value is -0.670. The Morgan fingerprint density at radius 1 is 1.47 bits per heavy atom. The molecular weight excluding hydrogens is 206 g/mol. The first kappa shape index (κ1) is 9.55. The molecule has 1 atom stereocenters. The Morgan fingerprint density at radius 2 is 2.27 bits per heavy atom. The van der Waals surface area contributed by atoms with E-state index in [1.54, 1.807) is 11.8 Å². The highest BCUT2D eigenvalue weighted by Gasteiger charge is 2.47. The molecule has 1 aliphatic carbocycles. The minimum Gasteiger partial charge on any atom is -0.481 e. The molecule has 0 radical (unpaired) electrons. The summed E-state index contributed by atoms with van der Waals surface area (Å²) in [7, 11) is 0. The lowest BCUT2D eigenvalue weighted by molar-refractivity contribution is 0.397. The van der Waals surface area contributed by atoms with Gasteiger partial charge in [0, 0.05) is 11.5 Å². The van der Waals surface area contributed by atoms with Crippen molar-refractivity contribution in [3.8, 4) is 5.75 Å². The van der Waals surface area contributed by atoms with Crippen molar-refractivity contribution < 1.29 is 4.74 Å². The molecule has 15 heavy (non-hydrogen) atoms. The number of rotatable bonds is 2. The summed E-state index contributed by atoms with van der Waals surface area (Å²) in [5, 5.41) is 0. The predicted molar refractivity (Wildman–Crippen MR) is 62.4 cm³/mol. The van der Waals surface area contributed by atoms with Gasteiger partial charge in [0.25, 0.3) is 0 Å². The monoisotopic (exact) mass is 221 g/mol. The Kier molecular flexibility index (Phi) is 2.01. The number of thioether (sulfide) groups is 1. The molecule has 3 heteroatoms. The van der Waals surface area contributed by atoms with Crippen LogP contribution in [0.1, 0.15) is 25.3 Å². The maximum Gasteiger partial charge on any atom is 0.138 e. The normalized spacial score (nSPS) is 23.1. The Bertz CT molecular complexity index is 399. The van der Waals surface area contributed by atoms with Gasteiger partial charge >= 0.3 is 0 Å². The largest absolute Gasteiger partial charge is 0.481 e. The zero-order valence-electron chi connectivity index (χ0n) is 8.82. The van der Waals surface area contributed by atoms with Gasteiger partial charge in [0.1, 0.15) is 11.7 Å².